The first-order valence-corrected chi connectivity index (χ1v) is 7.44. The van der Waals surface area contributed by atoms with Crippen LogP contribution < -0.4 is 20.5 Å². The van der Waals surface area contributed by atoms with Crippen molar-refractivity contribution in [2.24, 2.45) is 0 Å². The molecule has 2 aromatic rings. The van der Waals surface area contributed by atoms with Gasteiger partial charge in [0, 0.05) is 17.1 Å². The fraction of sp³-hybridized carbons (Fsp3) is 0.286. The number of rotatable bonds is 6. The third-order valence-electron chi connectivity index (χ3n) is 2.56. The van der Waals surface area contributed by atoms with Crippen molar-refractivity contribution in [1.29, 1.82) is 0 Å². The summed E-state index contributed by atoms with van der Waals surface area (Å²) in [6.45, 7) is 4.85. The predicted molar refractivity (Wildman–Crippen MR) is 83.3 cm³/mol. The number of amides is 1. The molecular formula is C14H17N3O3S. The summed E-state index contributed by atoms with van der Waals surface area (Å²) in [5.41, 5.74) is 6.42. The smallest absolute Gasteiger partial charge is 0.275 e. The van der Waals surface area contributed by atoms with Gasteiger partial charge in [-0.1, -0.05) is 0 Å². The molecule has 1 heterocycles. The maximum Gasteiger partial charge on any atom is 0.275 e. The number of aromatic nitrogens is 1. The lowest BCUT2D eigenvalue weighted by Gasteiger charge is -2.12. The maximum atomic E-state index is 12.0. The molecule has 0 aliphatic heterocycles. The summed E-state index contributed by atoms with van der Waals surface area (Å²) in [4.78, 5) is 16.0. The first kappa shape index (κ1) is 15.1. The van der Waals surface area contributed by atoms with Crippen LogP contribution in [0.1, 0.15) is 24.3 Å². The highest BCUT2D eigenvalue weighted by atomic mass is 32.1. The third kappa shape index (κ3) is 3.85. The van der Waals surface area contributed by atoms with Crippen molar-refractivity contribution in [1.82, 2.24) is 4.98 Å². The topological polar surface area (TPSA) is 86.5 Å². The van der Waals surface area contributed by atoms with Crippen molar-refractivity contribution in [3.63, 3.8) is 0 Å². The summed E-state index contributed by atoms with van der Waals surface area (Å²) in [5, 5.41) is 4.73. The number of nitrogens with zero attached hydrogens (tertiary/aromatic N) is 1. The van der Waals surface area contributed by atoms with Gasteiger partial charge in [-0.2, -0.15) is 0 Å². The molecule has 1 aromatic carbocycles. The van der Waals surface area contributed by atoms with Crippen molar-refractivity contribution in [2.45, 2.75) is 13.8 Å². The Morgan fingerprint density at radius 2 is 2.00 bits per heavy atom. The first-order valence-electron chi connectivity index (χ1n) is 6.56. The highest BCUT2D eigenvalue weighted by molar-refractivity contribution is 7.13. The van der Waals surface area contributed by atoms with Gasteiger partial charge < -0.3 is 20.5 Å². The zero-order valence-electron chi connectivity index (χ0n) is 11.9. The lowest BCUT2D eigenvalue weighted by molar-refractivity contribution is 0.102. The Labute approximate surface area is 126 Å². The minimum Gasteiger partial charge on any atom is -0.490 e. The number of thiazole rings is 1. The van der Waals surface area contributed by atoms with Crippen LogP contribution in [0.25, 0.3) is 0 Å². The number of hydrogen-bond donors (Lipinski definition) is 2. The largest absolute Gasteiger partial charge is 0.490 e. The molecule has 6 nitrogen and oxygen atoms in total. The Morgan fingerprint density at radius 3 is 2.62 bits per heavy atom. The van der Waals surface area contributed by atoms with Crippen LogP contribution in [0.2, 0.25) is 0 Å². The van der Waals surface area contributed by atoms with E-state index in [-0.39, 0.29) is 5.91 Å². The Balaban J connectivity index is 2.16. The summed E-state index contributed by atoms with van der Waals surface area (Å²) in [6.07, 6.45) is 0. The molecule has 0 aliphatic carbocycles. The van der Waals surface area contributed by atoms with Crippen molar-refractivity contribution < 1.29 is 14.3 Å². The van der Waals surface area contributed by atoms with Gasteiger partial charge in [-0.15, -0.1) is 11.3 Å². The molecule has 1 aromatic heterocycles. The number of anilines is 2. The van der Waals surface area contributed by atoms with Crippen LogP contribution in [-0.4, -0.2) is 24.1 Å². The predicted octanol–water partition coefficient (Wildman–Crippen LogP) is 2.78. The quantitative estimate of drug-likeness (QED) is 0.857. The van der Waals surface area contributed by atoms with E-state index in [0.717, 1.165) is 0 Å². The Kier molecular flexibility index (Phi) is 4.99. The maximum absolute atomic E-state index is 12.0. The van der Waals surface area contributed by atoms with Gasteiger partial charge in [0.15, 0.2) is 16.6 Å². The molecule has 0 radical (unpaired) electrons. The second-order valence-corrected chi connectivity index (χ2v) is 4.94. The van der Waals surface area contributed by atoms with E-state index < -0.39 is 0 Å². The van der Waals surface area contributed by atoms with Gasteiger partial charge in [0.25, 0.3) is 5.91 Å². The highest BCUT2D eigenvalue weighted by Gasteiger charge is 2.12. The minimum atomic E-state index is -0.311. The lowest BCUT2D eigenvalue weighted by atomic mass is 10.2. The fourth-order valence-corrected chi connectivity index (χ4v) is 2.26. The van der Waals surface area contributed by atoms with E-state index >= 15 is 0 Å². The standard InChI is InChI=1S/C14H17N3O3S/c1-3-19-11-6-5-9(7-12(11)20-4-2)16-13(18)10-8-21-14(15)17-10/h5-8H,3-4H2,1-2H3,(H2,15,17)(H,16,18). The van der Waals surface area contributed by atoms with Crippen LogP contribution in [-0.2, 0) is 0 Å². The van der Waals surface area contributed by atoms with Crippen molar-refractivity contribution >= 4 is 28.1 Å². The van der Waals surface area contributed by atoms with E-state index in [4.69, 9.17) is 15.2 Å². The SMILES string of the molecule is CCOc1ccc(NC(=O)c2csc(N)n2)cc1OCC. The third-order valence-corrected chi connectivity index (χ3v) is 3.23. The lowest BCUT2D eigenvalue weighted by Crippen LogP contribution is -2.12. The number of nitrogens with two attached hydrogens (primary N) is 1. The summed E-state index contributed by atoms with van der Waals surface area (Å²) < 4.78 is 11.0. The monoisotopic (exact) mass is 307 g/mol. The van der Waals surface area contributed by atoms with E-state index in [1.165, 1.54) is 11.3 Å². The Bertz CT molecular complexity index is 628. The second kappa shape index (κ2) is 6.94. The van der Waals surface area contributed by atoms with E-state index in [9.17, 15) is 4.79 Å². The number of benzene rings is 1. The normalized spacial score (nSPS) is 10.2. The molecule has 21 heavy (non-hydrogen) atoms. The second-order valence-electron chi connectivity index (χ2n) is 4.05. The number of nitrogen functional groups attached to an aromatic ring is 1. The molecule has 0 aliphatic rings. The Hall–Kier alpha value is -2.28. The molecule has 0 spiro atoms. The van der Waals surface area contributed by atoms with E-state index in [1.54, 1.807) is 23.6 Å². The number of nitrogens with one attached hydrogen (secondary N) is 1. The number of carbonyl (C=O) groups is 1. The average Bonchev–Trinajstić information content (AvgIpc) is 2.89. The van der Waals surface area contributed by atoms with Crippen LogP contribution in [0.5, 0.6) is 11.5 Å². The van der Waals surface area contributed by atoms with Gasteiger partial charge in [0.1, 0.15) is 5.69 Å². The molecular weight excluding hydrogens is 290 g/mol. The van der Waals surface area contributed by atoms with Crippen LogP contribution in [0.15, 0.2) is 23.6 Å². The first-order chi connectivity index (χ1) is 10.1. The van der Waals surface area contributed by atoms with Crippen molar-refractivity contribution in [3.8, 4) is 11.5 Å². The summed E-state index contributed by atoms with van der Waals surface area (Å²) in [7, 11) is 0. The van der Waals surface area contributed by atoms with Crippen LogP contribution in [0.3, 0.4) is 0 Å². The zero-order valence-corrected chi connectivity index (χ0v) is 12.7. The number of hydrogen-bond acceptors (Lipinski definition) is 6. The zero-order chi connectivity index (χ0) is 15.2. The van der Waals surface area contributed by atoms with E-state index in [0.29, 0.717) is 41.2 Å². The summed E-state index contributed by atoms with van der Waals surface area (Å²) in [6, 6.07) is 5.24. The van der Waals surface area contributed by atoms with Gasteiger partial charge >= 0.3 is 0 Å². The van der Waals surface area contributed by atoms with Crippen molar-refractivity contribution in [2.75, 3.05) is 24.3 Å². The number of ether oxygens (including phenoxy) is 2. The molecule has 0 saturated heterocycles. The van der Waals surface area contributed by atoms with Crippen LogP contribution in [0.4, 0.5) is 10.8 Å². The fourth-order valence-electron chi connectivity index (χ4n) is 1.72. The molecule has 1 amide bonds. The van der Waals surface area contributed by atoms with Gasteiger partial charge in [-0.3, -0.25) is 4.79 Å². The molecule has 3 N–H and O–H groups in total. The summed E-state index contributed by atoms with van der Waals surface area (Å²) >= 11 is 1.22. The molecule has 0 fully saturated rings. The summed E-state index contributed by atoms with van der Waals surface area (Å²) in [5.74, 6) is 0.930. The highest BCUT2D eigenvalue weighted by Crippen LogP contribution is 2.30. The molecule has 0 atom stereocenters. The van der Waals surface area contributed by atoms with Gasteiger partial charge in [-0.25, -0.2) is 4.98 Å². The molecule has 0 unspecified atom stereocenters. The van der Waals surface area contributed by atoms with E-state index in [1.807, 2.05) is 13.8 Å². The minimum absolute atomic E-state index is 0.296. The van der Waals surface area contributed by atoms with Crippen LogP contribution in [0, 0.1) is 0 Å². The van der Waals surface area contributed by atoms with E-state index in [2.05, 4.69) is 10.3 Å². The number of carbonyl (C=O) groups excluding carboxylic acids is 1. The van der Waals surface area contributed by atoms with Gasteiger partial charge in [-0.05, 0) is 26.0 Å². The van der Waals surface area contributed by atoms with Crippen LogP contribution >= 0.6 is 11.3 Å². The van der Waals surface area contributed by atoms with Gasteiger partial charge in [0.2, 0.25) is 0 Å². The molecule has 0 saturated carbocycles. The Morgan fingerprint density at radius 1 is 1.29 bits per heavy atom. The molecule has 112 valence electrons. The van der Waals surface area contributed by atoms with Gasteiger partial charge in [0.05, 0.1) is 13.2 Å². The molecule has 7 heteroatoms. The average molecular weight is 307 g/mol. The van der Waals surface area contributed by atoms with Crippen molar-refractivity contribution in [3.05, 3.63) is 29.3 Å². The molecule has 0 bridgehead atoms. The molecule has 2 rings (SSSR count).